The SMILES string of the molecule is CN(C)c1nc(N)nc(C(C#N)=Cc2ccc3ccccc3c2)n1. The van der Waals surface area contributed by atoms with E-state index in [1.165, 1.54) is 0 Å². The van der Waals surface area contributed by atoms with Crippen LogP contribution in [0.5, 0.6) is 0 Å². The third-order valence-electron chi connectivity index (χ3n) is 3.49. The predicted molar refractivity (Wildman–Crippen MR) is 96.0 cm³/mol. The molecule has 0 aliphatic rings. The summed E-state index contributed by atoms with van der Waals surface area (Å²) in [5, 5.41) is 11.8. The molecule has 0 aliphatic heterocycles. The molecule has 3 rings (SSSR count). The van der Waals surface area contributed by atoms with Crippen molar-refractivity contribution in [2.24, 2.45) is 0 Å². The summed E-state index contributed by atoms with van der Waals surface area (Å²) in [6, 6.07) is 16.2. The second-order valence-electron chi connectivity index (χ2n) is 5.49. The Bertz CT molecular complexity index is 969. The van der Waals surface area contributed by atoms with Crippen LogP contribution in [0.3, 0.4) is 0 Å². The first kappa shape index (κ1) is 15.4. The highest BCUT2D eigenvalue weighted by molar-refractivity contribution is 5.91. The number of rotatable bonds is 3. The first-order valence-corrected chi connectivity index (χ1v) is 7.36. The normalized spacial score (nSPS) is 11.3. The smallest absolute Gasteiger partial charge is 0.230 e. The van der Waals surface area contributed by atoms with E-state index >= 15 is 0 Å². The fraction of sp³-hybridized carbons (Fsp3) is 0.111. The van der Waals surface area contributed by atoms with Gasteiger partial charge in [0.1, 0.15) is 6.07 Å². The number of allylic oxidation sites excluding steroid dienone is 1. The van der Waals surface area contributed by atoms with E-state index in [2.05, 4.69) is 21.0 Å². The van der Waals surface area contributed by atoms with Gasteiger partial charge in [0.05, 0.1) is 5.57 Å². The van der Waals surface area contributed by atoms with E-state index in [1.807, 2.05) is 42.5 Å². The van der Waals surface area contributed by atoms with E-state index in [-0.39, 0.29) is 11.8 Å². The molecule has 1 aromatic heterocycles. The number of aromatic nitrogens is 3. The van der Waals surface area contributed by atoms with Crippen LogP contribution in [0.2, 0.25) is 0 Å². The third-order valence-corrected chi connectivity index (χ3v) is 3.49. The minimum atomic E-state index is 0.0864. The monoisotopic (exact) mass is 316 g/mol. The van der Waals surface area contributed by atoms with Gasteiger partial charge in [-0.1, -0.05) is 36.4 Å². The van der Waals surface area contributed by atoms with Crippen molar-refractivity contribution >= 4 is 34.3 Å². The standard InChI is InChI=1S/C18H16N6/c1-24(2)18-22-16(21-17(20)23-18)15(11-19)10-12-7-8-13-5-3-4-6-14(13)9-12/h3-10H,1-2H3,(H2,20,21,22,23). The summed E-state index contributed by atoms with van der Waals surface area (Å²) in [7, 11) is 3.61. The summed E-state index contributed by atoms with van der Waals surface area (Å²) in [6.45, 7) is 0. The van der Waals surface area contributed by atoms with Gasteiger partial charge in [-0.05, 0) is 28.5 Å². The van der Waals surface area contributed by atoms with Crippen molar-refractivity contribution in [1.82, 2.24) is 15.0 Å². The highest BCUT2D eigenvalue weighted by Crippen LogP contribution is 2.20. The maximum Gasteiger partial charge on any atom is 0.230 e. The van der Waals surface area contributed by atoms with Gasteiger partial charge < -0.3 is 10.6 Å². The Labute approximate surface area is 139 Å². The maximum atomic E-state index is 9.50. The zero-order valence-electron chi connectivity index (χ0n) is 13.4. The fourth-order valence-electron chi connectivity index (χ4n) is 2.31. The predicted octanol–water partition coefficient (Wildman–Crippen LogP) is 2.74. The Kier molecular flexibility index (Phi) is 4.08. The Morgan fingerprint density at radius 3 is 2.54 bits per heavy atom. The van der Waals surface area contributed by atoms with Crippen molar-refractivity contribution < 1.29 is 0 Å². The van der Waals surface area contributed by atoms with Gasteiger partial charge in [0.25, 0.3) is 0 Å². The maximum absolute atomic E-state index is 9.50. The summed E-state index contributed by atoms with van der Waals surface area (Å²) in [5.74, 6) is 0.766. The number of hydrogen-bond acceptors (Lipinski definition) is 6. The van der Waals surface area contributed by atoms with E-state index in [0.717, 1.165) is 16.3 Å². The molecule has 6 nitrogen and oxygen atoms in total. The molecule has 0 saturated carbocycles. The van der Waals surface area contributed by atoms with E-state index < -0.39 is 0 Å². The van der Waals surface area contributed by atoms with Gasteiger partial charge in [-0.2, -0.15) is 20.2 Å². The summed E-state index contributed by atoms with van der Waals surface area (Å²) in [6.07, 6.45) is 1.75. The van der Waals surface area contributed by atoms with E-state index in [1.54, 1.807) is 25.1 Å². The second kappa shape index (κ2) is 6.34. The molecule has 0 spiro atoms. The second-order valence-corrected chi connectivity index (χ2v) is 5.49. The molecule has 2 aromatic carbocycles. The van der Waals surface area contributed by atoms with Gasteiger partial charge >= 0.3 is 0 Å². The van der Waals surface area contributed by atoms with E-state index in [9.17, 15) is 5.26 Å². The van der Waals surface area contributed by atoms with Crippen LogP contribution < -0.4 is 10.6 Å². The third kappa shape index (κ3) is 3.15. The largest absolute Gasteiger partial charge is 0.368 e. The van der Waals surface area contributed by atoms with Crippen molar-refractivity contribution in [3.8, 4) is 6.07 Å². The molecular formula is C18H16N6. The minimum absolute atomic E-state index is 0.0864. The quantitative estimate of drug-likeness (QED) is 0.747. The van der Waals surface area contributed by atoms with Crippen LogP contribution in [0, 0.1) is 11.3 Å². The molecular weight excluding hydrogens is 300 g/mol. The van der Waals surface area contributed by atoms with Gasteiger partial charge in [-0.15, -0.1) is 0 Å². The Morgan fingerprint density at radius 2 is 1.83 bits per heavy atom. The molecule has 1 heterocycles. The van der Waals surface area contributed by atoms with Crippen molar-refractivity contribution in [2.45, 2.75) is 0 Å². The lowest BCUT2D eigenvalue weighted by atomic mass is 10.1. The number of hydrogen-bond donors (Lipinski definition) is 1. The number of nitrogen functional groups attached to an aromatic ring is 1. The van der Waals surface area contributed by atoms with Gasteiger partial charge in [-0.3, -0.25) is 0 Å². The summed E-state index contributed by atoms with van der Waals surface area (Å²) >= 11 is 0. The fourth-order valence-corrected chi connectivity index (χ4v) is 2.31. The molecule has 0 unspecified atom stereocenters. The molecule has 0 aliphatic carbocycles. The molecule has 0 saturated heterocycles. The molecule has 0 atom stereocenters. The topological polar surface area (TPSA) is 91.7 Å². The first-order chi connectivity index (χ1) is 11.6. The molecule has 6 heteroatoms. The Hall–Kier alpha value is -3.46. The number of nitrogens with zero attached hydrogens (tertiary/aromatic N) is 5. The highest BCUT2D eigenvalue weighted by atomic mass is 15.3. The van der Waals surface area contributed by atoms with Crippen molar-refractivity contribution in [2.75, 3.05) is 24.7 Å². The minimum Gasteiger partial charge on any atom is -0.368 e. The molecule has 24 heavy (non-hydrogen) atoms. The molecule has 3 aromatic rings. The van der Waals surface area contributed by atoms with Crippen molar-refractivity contribution in [3.63, 3.8) is 0 Å². The number of fused-ring (bicyclic) bond motifs is 1. The van der Waals surface area contributed by atoms with Gasteiger partial charge in [0.2, 0.25) is 11.9 Å². The van der Waals surface area contributed by atoms with Crippen LogP contribution in [-0.4, -0.2) is 29.0 Å². The number of benzene rings is 2. The molecule has 0 bridgehead atoms. The lowest BCUT2D eigenvalue weighted by Gasteiger charge is -2.11. The van der Waals surface area contributed by atoms with Crippen LogP contribution >= 0.6 is 0 Å². The Morgan fingerprint density at radius 1 is 1.08 bits per heavy atom. The average Bonchev–Trinajstić information content (AvgIpc) is 2.59. The zero-order chi connectivity index (χ0) is 17.1. The van der Waals surface area contributed by atoms with Crippen molar-refractivity contribution in [3.05, 3.63) is 53.9 Å². The van der Waals surface area contributed by atoms with Crippen LogP contribution in [-0.2, 0) is 0 Å². The van der Waals surface area contributed by atoms with Gasteiger partial charge in [-0.25, -0.2) is 0 Å². The molecule has 0 amide bonds. The van der Waals surface area contributed by atoms with Gasteiger partial charge in [0.15, 0.2) is 5.82 Å². The summed E-state index contributed by atoms with van der Waals surface area (Å²) in [4.78, 5) is 14.1. The van der Waals surface area contributed by atoms with Crippen LogP contribution in [0.15, 0.2) is 42.5 Å². The van der Waals surface area contributed by atoms with Crippen LogP contribution in [0.1, 0.15) is 11.4 Å². The average molecular weight is 316 g/mol. The van der Waals surface area contributed by atoms with Crippen LogP contribution in [0.4, 0.5) is 11.9 Å². The van der Waals surface area contributed by atoms with E-state index in [0.29, 0.717) is 11.5 Å². The molecule has 118 valence electrons. The molecule has 0 fully saturated rings. The number of nitriles is 1. The highest BCUT2D eigenvalue weighted by Gasteiger charge is 2.10. The lowest BCUT2D eigenvalue weighted by molar-refractivity contribution is 0.952. The lowest BCUT2D eigenvalue weighted by Crippen LogP contribution is -2.15. The van der Waals surface area contributed by atoms with Crippen molar-refractivity contribution in [1.29, 1.82) is 5.26 Å². The summed E-state index contributed by atoms with van der Waals surface area (Å²) in [5.41, 5.74) is 6.97. The van der Waals surface area contributed by atoms with E-state index in [4.69, 9.17) is 5.73 Å². The number of anilines is 2. The Balaban J connectivity index is 2.07. The summed E-state index contributed by atoms with van der Waals surface area (Å²) < 4.78 is 0. The van der Waals surface area contributed by atoms with Crippen LogP contribution in [0.25, 0.3) is 22.4 Å². The molecule has 0 radical (unpaired) electrons. The first-order valence-electron chi connectivity index (χ1n) is 7.36. The van der Waals surface area contributed by atoms with Gasteiger partial charge in [0, 0.05) is 14.1 Å². The number of nitrogens with two attached hydrogens (primary N) is 1. The molecule has 2 N–H and O–H groups in total. The zero-order valence-corrected chi connectivity index (χ0v) is 13.4.